The van der Waals surface area contributed by atoms with Gasteiger partial charge in [-0.05, 0) is 47.5 Å². The quantitative estimate of drug-likeness (QED) is 0.643. The van der Waals surface area contributed by atoms with Crippen molar-refractivity contribution in [1.82, 2.24) is 14.6 Å². The molecule has 1 aliphatic heterocycles. The van der Waals surface area contributed by atoms with Crippen LogP contribution in [-0.2, 0) is 14.3 Å². The van der Waals surface area contributed by atoms with Crippen LogP contribution in [0.25, 0.3) is 5.65 Å². The number of nitrogens with two attached hydrogens (primary N) is 1. The number of hydrogen-bond donors (Lipinski definition) is 2. The van der Waals surface area contributed by atoms with E-state index in [1.54, 1.807) is 23.6 Å². The van der Waals surface area contributed by atoms with Crippen molar-refractivity contribution in [3.8, 4) is 0 Å². The van der Waals surface area contributed by atoms with Gasteiger partial charge in [0.15, 0.2) is 11.8 Å². The molecule has 0 amide bonds. The van der Waals surface area contributed by atoms with Crippen molar-refractivity contribution < 1.29 is 19.4 Å². The first-order valence-electron chi connectivity index (χ1n) is 10.5. The standard InChI is InChI=1S/C22H33N5O4/c1-7-12-30-22(6)8-10-26(11-9-22)19-17(18(20(28)29)31-21(3,4)5)14(2)24-16-13-15(23)25-27(16)19/h7,13,18H,1,8-12H2,2-6H3,(H2,23,25)(H,28,29). The molecule has 1 saturated heterocycles. The third-order valence-electron chi connectivity index (χ3n) is 5.45. The minimum Gasteiger partial charge on any atom is -0.479 e. The van der Waals surface area contributed by atoms with Crippen LogP contribution in [0.3, 0.4) is 0 Å². The molecule has 1 fully saturated rings. The summed E-state index contributed by atoms with van der Waals surface area (Å²) in [5.74, 6) is -0.0941. The van der Waals surface area contributed by atoms with Crippen LogP contribution in [0.5, 0.6) is 0 Å². The molecule has 0 radical (unpaired) electrons. The zero-order chi connectivity index (χ0) is 23.0. The van der Waals surface area contributed by atoms with Crippen LogP contribution in [0.4, 0.5) is 11.6 Å². The number of carboxylic acids is 1. The lowest BCUT2D eigenvalue weighted by atomic mass is 9.92. The summed E-state index contributed by atoms with van der Waals surface area (Å²) in [4.78, 5) is 19.0. The third kappa shape index (κ3) is 4.99. The number of carboxylic acid groups (broad SMARTS) is 1. The number of hydrogen-bond acceptors (Lipinski definition) is 7. The van der Waals surface area contributed by atoms with Crippen LogP contribution < -0.4 is 10.6 Å². The highest BCUT2D eigenvalue weighted by atomic mass is 16.5. The Morgan fingerprint density at radius 3 is 2.61 bits per heavy atom. The van der Waals surface area contributed by atoms with E-state index in [4.69, 9.17) is 15.2 Å². The van der Waals surface area contributed by atoms with Crippen molar-refractivity contribution in [2.75, 3.05) is 30.3 Å². The van der Waals surface area contributed by atoms with Gasteiger partial charge in [-0.15, -0.1) is 11.7 Å². The predicted molar refractivity (Wildman–Crippen MR) is 119 cm³/mol. The Hall–Kier alpha value is -2.65. The van der Waals surface area contributed by atoms with Crippen molar-refractivity contribution in [2.45, 2.75) is 64.8 Å². The van der Waals surface area contributed by atoms with E-state index in [0.29, 0.717) is 48.2 Å². The van der Waals surface area contributed by atoms with Crippen LogP contribution in [-0.4, -0.2) is 56.6 Å². The number of carbonyl (C=O) groups is 1. The summed E-state index contributed by atoms with van der Waals surface area (Å²) in [6, 6.07) is 1.68. The second-order valence-corrected chi connectivity index (χ2v) is 9.26. The van der Waals surface area contributed by atoms with Crippen molar-refractivity contribution in [2.24, 2.45) is 0 Å². The van der Waals surface area contributed by atoms with Crippen molar-refractivity contribution in [3.63, 3.8) is 0 Å². The zero-order valence-corrected chi connectivity index (χ0v) is 19.0. The number of ether oxygens (including phenoxy) is 2. The Kier molecular flexibility index (Phi) is 6.29. The number of anilines is 2. The van der Waals surface area contributed by atoms with Crippen LogP contribution in [0, 0.1) is 6.92 Å². The van der Waals surface area contributed by atoms with E-state index in [2.05, 4.69) is 28.5 Å². The SMILES string of the molecule is C=CCOC1(C)CCN(c2c(C(OC(C)(C)C)C(=O)O)c(C)nc3cc(N)nn23)CC1. The number of fused-ring (bicyclic) bond motifs is 1. The second-order valence-electron chi connectivity index (χ2n) is 9.26. The van der Waals surface area contributed by atoms with Gasteiger partial charge in [0.05, 0.1) is 23.4 Å². The van der Waals surface area contributed by atoms with Gasteiger partial charge in [-0.3, -0.25) is 0 Å². The first-order valence-corrected chi connectivity index (χ1v) is 10.5. The fourth-order valence-corrected chi connectivity index (χ4v) is 3.93. The van der Waals surface area contributed by atoms with Crippen LogP contribution in [0.1, 0.15) is 57.9 Å². The summed E-state index contributed by atoms with van der Waals surface area (Å²) in [6.45, 7) is 14.9. The molecular weight excluding hydrogens is 398 g/mol. The van der Waals surface area contributed by atoms with E-state index < -0.39 is 17.7 Å². The van der Waals surface area contributed by atoms with Crippen molar-refractivity contribution in [1.29, 1.82) is 0 Å². The van der Waals surface area contributed by atoms with Gasteiger partial charge in [-0.25, -0.2) is 9.78 Å². The highest BCUT2D eigenvalue weighted by Crippen LogP contribution is 2.37. The molecule has 170 valence electrons. The van der Waals surface area contributed by atoms with Crippen molar-refractivity contribution >= 4 is 23.3 Å². The van der Waals surface area contributed by atoms with Gasteiger partial charge in [0.25, 0.3) is 0 Å². The van der Waals surface area contributed by atoms with Gasteiger partial charge < -0.3 is 25.2 Å². The number of aryl methyl sites for hydroxylation is 1. The van der Waals surface area contributed by atoms with Crippen LogP contribution in [0.2, 0.25) is 0 Å². The van der Waals surface area contributed by atoms with Crippen LogP contribution >= 0.6 is 0 Å². The summed E-state index contributed by atoms with van der Waals surface area (Å²) in [5, 5.41) is 14.5. The Labute approximate surface area is 182 Å². The maximum absolute atomic E-state index is 12.3. The summed E-state index contributed by atoms with van der Waals surface area (Å²) >= 11 is 0. The van der Waals surface area contributed by atoms with E-state index in [1.807, 2.05) is 20.8 Å². The van der Waals surface area contributed by atoms with E-state index in [0.717, 1.165) is 12.8 Å². The summed E-state index contributed by atoms with van der Waals surface area (Å²) in [6.07, 6.45) is 2.11. The van der Waals surface area contributed by atoms with E-state index in [9.17, 15) is 9.90 Å². The molecule has 2 aromatic heterocycles. The first-order chi connectivity index (χ1) is 14.4. The number of aromatic nitrogens is 3. The third-order valence-corrected chi connectivity index (χ3v) is 5.45. The molecular formula is C22H33N5O4. The molecule has 9 nitrogen and oxygen atoms in total. The summed E-state index contributed by atoms with van der Waals surface area (Å²) < 4.78 is 13.6. The molecule has 0 aromatic carbocycles. The molecule has 2 aromatic rings. The number of nitrogen functional groups attached to an aromatic ring is 1. The largest absolute Gasteiger partial charge is 0.479 e. The first kappa shape index (κ1) is 23.0. The van der Waals surface area contributed by atoms with Gasteiger partial charge in [0.1, 0.15) is 11.6 Å². The van der Waals surface area contributed by atoms with Crippen molar-refractivity contribution in [3.05, 3.63) is 30.0 Å². The highest BCUT2D eigenvalue weighted by molar-refractivity contribution is 5.78. The molecule has 1 atom stereocenters. The van der Waals surface area contributed by atoms with Gasteiger partial charge in [0.2, 0.25) is 0 Å². The average Bonchev–Trinajstić information content (AvgIpc) is 3.03. The summed E-state index contributed by atoms with van der Waals surface area (Å²) in [5.41, 5.74) is 6.68. The van der Waals surface area contributed by atoms with E-state index in [1.165, 1.54) is 0 Å². The minimum absolute atomic E-state index is 0.261. The predicted octanol–water partition coefficient (Wildman–Crippen LogP) is 3.12. The number of piperidine rings is 1. The van der Waals surface area contributed by atoms with Crippen LogP contribution in [0.15, 0.2) is 18.7 Å². The summed E-state index contributed by atoms with van der Waals surface area (Å²) in [7, 11) is 0. The van der Waals surface area contributed by atoms with Gasteiger partial charge in [0, 0.05) is 24.8 Å². The molecule has 3 rings (SSSR count). The highest BCUT2D eigenvalue weighted by Gasteiger charge is 2.37. The Balaban J connectivity index is 2.10. The fourth-order valence-electron chi connectivity index (χ4n) is 3.93. The lowest BCUT2D eigenvalue weighted by molar-refractivity contribution is -0.160. The number of aliphatic carboxylic acids is 1. The zero-order valence-electron chi connectivity index (χ0n) is 19.0. The smallest absolute Gasteiger partial charge is 0.337 e. The molecule has 0 saturated carbocycles. The minimum atomic E-state index is -1.19. The van der Waals surface area contributed by atoms with Gasteiger partial charge >= 0.3 is 5.97 Å². The second kappa shape index (κ2) is 8.47. The lowest BCUT2D eigenvalue weighted by Gasteiger charge is -2.41. The molecule has 3 N–H and O–H groups in total. The maximum atomic E-state index is 12.3. The topological polar surface area (TPSA) is 115 Å². The molecule has 1 aliphatic rings. The molecule has 9 heteroatoms. The fraction of sp³-hybridized carbons (Fsp3) is 0.591. The monoisotopic (exact) mass is 431 g/mol. The normalized spacial score (nSPS) is 17.6. The molecule has 0 spiro atoms. The number of rotatable bonds is 7. The maximum Gasteiger partial charge on any atom is 0.337 e. The number of nitrogens with zero attached hydrogens (tertiary/aromatic N) is 4. The Morgan fingerprint density at radius 2 is 2.06 bits per heavy atom. The average molecular weight is 432 g/mol. The van der Waals surface area contributed by atoms with E-state index in [-0.39, 0.29) is 5.60 Å². The Bertz CT molecular complexity index is 970. The molecule has 0 bridgehead atoms. The van der Waals surface area contributed by atoms with E-state index >= 15 is 0 Å². The molecule has 3 heterocycles. The van der Waals surface area contributed by atoms with Gasteiger partial charge in [-0.2, -0.15) is 4.52 Å². The Morgan fingerprint density at radius 1 is 1.42 bits per heavy atom. The molecule has 1 unspecified atom stereocenters. The lowest BCUT2D eigenvalue weighted by Crippen LogP contribution is -2.45. The molecule has 0 aliphatic carbocycles. The van der Waals surface area contributed by atoms with Gasteiger partial charge in [-0.1, -0.05) is 6.08 Å². The molecule has 31 heavy (non-hydrogen) atoms.